The van der Waals surface area contributed by atoms with Crippen LogP contribution in [0.1, 0.15) is 32.1 Å². The fraction of sp³-hybridized carbons (Fsp3) is 1.00. The van der Waals surface area contributed by atoms with Crippen LogP contribution >= 0.6 is 0 Å². The average Bonchev–Trinajstić information content (AvgIpc) is 2.42. The van der Waals surface area contributed by atoms with Crippen molar-refractivity contribution < 1.29 is 28.5 Å². The largest absolute Gasteiger partial charge is 0.395 e. The van der Waals surface area contributed by atoms with Crippen LogP contribution in [0.3, 0.4) is 0 Å². The second-order valence-corrected chi connectivity index (χ2v) is 6.42. The van der Waals surface area contributed by atoms with Crippen molar-refractivity contribution in [3.8, 4) is 0 Å². The lowest BCUT2D eigenvalue weighted by molar-refractivity contribution is -0.184. The lowest BCUT2D eigenvalue weighted by Crippen LogP contribution is -2.55. The van der Waals surface area contributed by atoms with Crippen molar-refractivity contribution in [3.63, 3.8) is 0 Å². The first-order chi connectivity index (χ1) is 9.81. The molecule has 1 unspecified atom stereocenters. The summed E-state index contributed by atoms with van der Waals surface area (Å²) in [5.41, 5.74) is 0. The molecule has 1 heterocycles. The van der Waals surface area contributed by atoms with Crippen LogP contribution in [0, 0.1) is 11.8 Å². The third kappa shape index (κ3) is 4.31. The van der Waals surface area contributed by atoms with E-state index in [-0.39, 0.29) is 38.0 Å². The van der Waals surface area contributed by atoms with Gasteiger partial charge in [-0.3, -0.25) is 4.90 Å². The molecule has 0 aromatic heterocycles. The van der Waals surface area contributed by atoms with Crippen molar-refractivity contribution in [1.82, 2.24) is 4.90 Å². The molecule has 0 radical (unpaired) electrons. The third-order valence-electron chi connectivity index (χ3n) is 4.91. The topological polar surface area (TPSA) is 63.9 Å². The number of likely N-dealkylation sites (tertiary alicyclic amines) is 1. The van der Waals surface area contributed by atoms with E-state index in [4.69, 9.17) is 0 Å². The monoisotopic (exact) mass is 311 g/mol. The van der Waals surface area contributed by atoms with Gasteiger partial charge >= 0.3 is 6.18 Å². The molecule has 1 saturated carbocycles. The maximum absolute atomic E-state index is 12.6. The van der Waals surface area contributed by atoms with Crippen LogP contribution in [0.15, 0.2) is 0 Å². The van der Waals surface area contributed by atoms with Gasteiger partial charge in [0.05, 0.1) is 24.7 Å². The number of hydrogen-bond donors (Lipinski definition) is 3. The Morgan fingerprint density at radius 3 is 2.14 bits per heavy atom. The summed E-state index contributed by atoms with van der Waals surface area (Å²) in [7, 11) is 0. The molecule has 0 spiro atoms. The molecule has 3 atom stereocenters. The maximum atomic E-state index is 12.6. The lowest BCUT2D eigenvalue weighted by atomic mass is 9.81. The molecule has 1 aliphatic carbocycles. The average molecular weight is 311 g/mol. The quantitative estimate of drug-likeness (QED) is 0.731. The summed E-state index contributed by atoms with van der Waals surface area (Å²) in [5, 5.41) is 28.7. The Kier molecular flexibility index (Phi) is 5.51. The summed E-state index contributed by atoms with van der Waals surface area (Å²) in [6, 6.07) is -0.219. The number of aliphatic hydroxyl groups excluding tert-OH is 3. The minimum absolute atomic E-state index is 0.109. The summed E-state index contributed by atoms with van der Waals surface area (Å²) in [5.74, 6) is -1.02. The van der Waals surface area contributed by atoms with Crippen LogP contribution in [-0.2, 0) is 0 Å². The minimum Gasteiger partial charge on any atom is -0.395 e. The summed E-state index contributed by atoms with van der Waals surface area (Å²) < 4.78 is 37.9. The predicted molar refractivity (Wildman–Crippen MR) is 70.6 cm³/mol. The zero-order chi connectivity index (χ0) is 15.6. The molecule has 2 rings (SSSR count). The summed E-state index contributed by atoms with van der Waals surface area (Å²) in [6.07, 6.45) is -4.10. The smallest absolute Gasteiger partial charge is 0.391 e. The molecule has 0 bridgehead atoms. The Bertz CT molecular complexity index is 332. The van der Waals surface area contributed by atoms with E-state index >= 15 is 0 Å². The predicted octanol–water partition coefficient (Wildman–Crippen LogP) is 1.14. The van der Waals surface area contributed by atoms with E-state index in [9.17, 15) is 28.5 Å². The Balaban J connectivity index is 1.84. The summed E-state index contributed by atoms with van der Waals surface area (Å²) in [6.45, 7) is 0.743. The van der Waals surface area contributed by atoms with Gasteiger partial charge in [-0.2, -0.15) is 13.2 Å². The number of alkyl halides is 3. The van der Waals surface area contributed by atoms with E-state index in [0.29, 0.717) is 25.8 Å². The standard InChI is InChI=1S/C14H24F3NO3/c15-14(16,17)10-3-1-9(2-4-10)6-18-7-13(21)12(20)5-11(18)8-19/h9-13,19-21H,1-8H2/t9?,10?,11-,12?,13+/m1/s1. The van der Waals surface area contributed by atoms with Gasteiger partial charge in [-0.25, -0.2) is 0 Å². The highest BCUT2D eigenvalue weighted by molar-refractivity contribution is 4.89. The number of nitrogens with zero attached hydrogens (tertiary/aromatic N) is 1. The maximum Gasteiger partial charge on any atom is 0.391 e. The molecule has 0 aromatic rings. The van der Waals surface area contributed by atoms with Gasteiger partial charge in [-0.05, 0) is 38.0 Å². The number of halogens is 3. The molecule has 7 heteroatoms. The Hall–Kier alpha value is -0.370. The van der Waals surface area contributed by atoms with Crippen molar-refractivity contribution in [2.75, 3.05) is 19.7 Å². The van der Waals surface area contributed by atoms with Crippen molar-refractivity contribution in [2.45, 2.75) is 56.5 Å². The van der Waals surface area contributed by atoms with E-state index in [1.807, 2.05) is 4.90 Å². The molecule has 21 heavy (non-hydrogen) atoms. The molecule has 1 saturated heterocycles. The van der Waals surface area contributed by atoms with Gasteiger partial charge in [0.15, 0.2) is 0 Å². The molecule has 0 aromatic carbocycles. The number of β-amino-alcohol motifs (C(OH)–C–C–N with tert-alkyl or cyclic N) is 1. The Labute approximate surface area is 122 Å². The summed E-state index contributed by atoms with van der Waals surface area (Å²) >= 11 is 0. The first-order valence-electron chi connectivity index (χ1n) is 7.59. The van der Waals surface area contributed by atoms with Gasteiger partial charge in [0.2, 0.25) is 0 Å². The Morgan fingerprint density at radius 2 is 1.62 bits per heavy atom. The van der Waals surface area contributed by atoms with E-state index in [1.54, 1.807) is 0 Å². The van der Waals surface area contributed by atoms with Crippen LogP contribution < -0.4 is 0 Å². The van der Waals surface area contributed by atoms with Gasteiger partial charge in [0.1, 0.15) is 0 Å². The number of rotatable bonds is 3. The molecule has 2 fully saturated rings. The van der Waals surface area contributed by atoms with Crippen molar-refractivity contribution in [1.29, 1.82) is 0 Å². The zero-order valence-corrected chi connectivity index (χ0v) is 12.0. The second-order valence-electron chi connectivity index (χ2n) is 6.42. The van der Waals surface area contributed by atoms with Gasteiger partial charge in [-0.15, -0.1) is 0 Å². The number of piperidine rings is 1. The van der Waals surface area contributed by atoms with Gasteiger partial charge < -0.3 is 15.3 Å². The van der Waals surface area contributed by atoms with Crippen LogP contribution in [0.2, 0.25) is 0 Å². The first kappa shape index (κ1) is 17.0. The van der Waals surface area contributed by atoms with E-state index in [2.05, 4.69) is 0 Å². The van der Waals surface area contributed by atoms with E-state index in [1.165, 1.54) is 0 Å². The van der Waals surface area contributed by atoms with Gasteiger partial charge in [0, 0.05) is 19.1 Å². The van der Waals surface area contributed by atoms with Crippen LogP contribution in [0.5, 0.6) is 0 Å². The SMILES string of the molecule is OC[C@H]1CC(O)[C@@H](O)CN1CC1CCC(C(F)(F)F)CC1. The van der Waals surface area contributed by atoms with Crippen LogP contribution in [0.25, 0.3) is 0 Å². The van der Waals surface area contributed by atoms with Gasteiger partial charge in [0.25, 0.3) is 0 Å². The molecule has 3 N–H and O–H groups in total. The normalized spacial score (nSPS) is 39.4. The highest BCUT2D eigenvalue weighted by Gasteiger charge is 2.42. The highest BCUT2D eigenvalue weighted by Crippen LogP contribution is 2.40. The molecular weight excluding hydrogens is 287 g/mol. The number of aliphatic hydroxyl groups is 3. The molecular formula is C14H24F3NO3. The molecule has 4 nitrogen and oxygen atoms in total. The van der Waals surface area contributed by atoms with Gasteiger partial charge in [-0.1, -0.05) is 0 Å². The Morgan fingerprint density at radius 1 is 1.00 bits per heavy atom. The molecule has 2 aliphatic rings. The fourth-order valence-electron chi connectivity index (χ4n) is 3.51. The van der Waals surface area contributed by atoms with Crippen molar-refractivity contribution in [3.05, 3.63) is 0 Å². The highest BCUT2D eigenvalue weighted by atomic mass is 19.4. The third-order valence-corrected chi connectivity index (χ3v) is 4.91. The lowest BCUT2D eigenvalue weighted by Gasteiger charge is -2.42. The van der Waals surface area contributed by atoms with Crippen molar-refractivity contribution in [2.24, 2.45) is 11.8 Å². The fourth-order valence-corrected chi connectivity index (χ4v) is 3.51. The second kappa shape index (κ2) is 6.81. The summed E-state index contributed by atoms with van der Waals surface area (Å²) in [4.78, 5) is 1.91. The zero-order valence-electron chi connectivity index (χ0n) is 12.0. The van der Waals surface area contributed by atoms with Crippen molar-refractivity contribution >= 4 is 0 Å². The number of hydrogen-bond acceptors (Lipinski definition) is 4. The van der Waals surface area contributed by atoms with E-state index < -0.39 is 24.3 Å². The first-order valence-corrected chi connectivity index (χ1v) is 7.59. The molecule has 1 aliphatic heterocycles. The van der Waals surface area contributed by atoms with E-state index in [0.717, 1.165) is 0 Å². The van der Waals surface area contributed by atoms with Crippen LogP contribution in [-0.4, -0.2) is 64.3 Å². The molecule has 124 valence electrons. The molecule has 0 amide bonds. The van der Waals surface area contributed by atoms with Crippen LogP contribution in [0.4, 0.5) is 13.2 Å². The minimum atomic E-state index is -4.09.